The average Bonchev–Trinajstić information content (AvgIpc) is 2.91. The number of carbonyl (C=O) groups is 1. The van der Waals surface area contributed by atoms with Crippen molar-refractivity contribution in [3.63, 3.8) is 0 Å². The van der Waals surface area contributed by atoms with Crippen molar-refractivity contribution in [1.82, 2.24) is 19.5 Å². The van der Waals surface area contributed by atoms with Gasteiger partial charge in [-0.05, 0) is 32.0 Å². The van der Waals surface area contributed by atoms with Crippen molar-refractivity contribution in [3.05, 3.63) is 104 Å². The van der Waals surface area contributed by atoms with Crippen LogP contribution in [0, 0.1) is 0 Å². The first kappa shape index (κ1) is 24.2. The van der Waals surface area contributed by atoms with Gasteiger partial charge in [-0.1, -0.05) is 41.9 Å². The number of esters is 1. The Morgan fingerprint density at radius 1 is 1.08 bits per heavy atom. The van der Waals surface area contributed by atoms with Gasteiger partial charge in [0.2, 0.25) is 0 Å². The van der Waals surface area contributed by atoms with E-state index in [0.29, 0.717) is 28.2 Å². The Kier molecular flexibility index (Phi) is 6.45. The van der Waals surface area contributed by atoms with E-state index in [4.69, 9.17) is 16.3 Å². The fraction of sp³-hybridized carbons (Fsp3) is 0.148. The number of aromatic amines is 1. The number of hydrogen-bond donors (Lipinski definition) is 2. The number of H-pyrrole nitrogens is 1. The van der Waals surface area contributed by atoms with Crippen LogP contribution in [-0.4, -0.2) is 32.1 Å². The van der Waals surface area contributed by atoms with Crippen LogP contribution in [0.4, 0.5) is 5.82 Å². The van der Waals surface area contributed by atoms with Crippen molar-refractivity contribution >= 4 is 45.2 Å². The van der Waals surface area contributed by atoms with E-state index in [1.807, 2.05) is 13.0 Å². The maximum absolute atomic E-state index is 14.0. The highest BCUT2D eigenvalue weighted by molar-refractivity contribution is 6.36. The molecule has 10 heteroatoms. The molecule has 2 N–H and O–H groups in total. The second kappa shape index (κ2) is 9.87. The molecule has 37 heavy (non-hydrogen) atoms. The molecule has 0 bridgehead atoms. The third-order valence-electron chi connectivity index (χ3n) is 6.01. The predicted molar refractivity (Wildman–Crippen MR) is 143 cm³/mol. The quantitative estimate of drug-likeness (QED) is 0.316. The SMILES string of the molecule is CCOC(=O)c1cccc2c(Cl)c([C@H](C)Nc3ncnc4[nH]ccc(=O)c34)n(-c3ccccc3)c(=O)c12. The molecule has 0 saturated heterocycles. The van der Waals surface area contributed by atoms with Crippen LogP contribution in [-0.2, 0) is 4.74 Å². The summed E-state index contributed by atoms with van der Waals surface area (Å²) in [5.74, 6) is -0.311. The summed E-state index contributed by atoms with van der Waals surface area (Å²) in [5, 5.41) is 4.37. The highest BCUT2D eigenvalue weighted by Crippen LogP contribution is 2.34. The summed E-state index contributed by atoms with van der Waals surface area (Å²) in [7, 11) is 0. The Bertz CT molecular complexity index is 1760. The zero-order valence-electron chi connectivity index (χ0n) is 20.0. The maximum atomic E-state index is 14.0. The van der Waals surface area contributed by atoms with Gasteiger partial charge >= 0.3 is 5.97 Å². The van der Waals surface area contributed by atoms with Gasteiger partial charge in [-0.25, -0.2) is 14.8 Å². The average molecular weight is 516 g/mol. The molecule has 0 radical (unpaired) electrons. The lowest BCUT2D eigenvalue weighted by atomic mass is 10.0. The number of anilines is 1. The van der Waals surface area contributed by atoms with Gasteiger partial charge in [0.1, 0.15) is 23.2 Å². The summed E-state index contributed by atoms with van der Waals surface area (Å²) < 4.78 is 6.67. The van der Waals surface area contributed by atoms with Gasteiger partial charge in [0.15, 0.2) is 5.43 Å². The molecule has 0 aliphatic heterocycles. The molecule has 0 amide bonds. The first-order valence-corrected chi connectivity index (χ1v) is 12.0. The topological polar surface area (TPSA) is 119 Å². The molecule has 0 unspecified atom stereocenters. The first-order valence-electron chi connectivity index (χ1n) is 11.6. The molecule has 5 rings (SSSR count). The number of hydrogen-bond acceptors (Lipinski definition) is 7. The van der Waals surface area contributed by atoms with E-state index >= 15 is 0 Å². The third-order valence-corrected chi connectivity index (χ3v) is 6.40. The van der Waals surface area contributed by atoms with E-state index in [1.165, 1.54) is 23.2 Å². The van der Waals surface area contributed by atoms with E-state index < -0.39 is 17.6 Å². The van der Waals surface area contributed by atoms with Crippen molar-refractivity contribution in [2.75, 3.05) is 11.9 Å². The minimum absolute atomic E-state index is 0.136. The van der Waals surface area contributed by atoms with Crippen LogP contribution in [0.15, 0.2) is 76.7 Å². The summed E-state index contributed by atoms with van der Waals surface area (Å²) in [6, 6.07) is 14.7. The molecule has 0 aliphatic carbocycles. The molecule has 0 saturated carbocycles. The first-order chi connectivity index (χ1) is 17.9. The van der Waals surface area contributed by atoms with Crippen LogP contribution in [0.1, 0.15) is 35.9 Å². The van der Waals surface area contributed by atoms with E-state index in [-0.39, 0.29) is 33.4 Å². The van der Waals surface area contributed by atoms with Gasteiger partial charge in [-0.2, -0.15) is 0 Å². The van der Waals surface area contributed by atoms with Crippen molar-refractivity contribution in [2.24, 2.45) is 0 Å². The fourth-order valence-electron chi connectivity index (χ4n) is 4.41. The van der Waals surface area contributed by atoms with Crippen molar-refractivity contribution in [2.45, 2.75) is 19.9 Å². The molecule has 0 spiro atoms. The number of ether oxygens (including phenoxy) is 1. The molecule has 1 atom stereocenters. The summed E-state index contributed by atoms with van der Waals surface area (Å²) in [4.78, 5) is 50.7. The number of para-hydroxylation sites is 1. The van der Waals surface area contributed by atoms with Gasteiger partial charge in [0.25, 0.3) is 5.56 Å². The number of aromatic nitrogens is 4. The van der Waals surface area contributed by atoms with Crippen LogP contribution < -0.4 is 16.3 Å². The highest BCUT2D eigenvalue weighted by atomic mass is 35.5. The number of carbonyl (C=O) groups excluding carboxylic acids is 1. The summed E-state index contributed by atoms with van der Waals surface area (Å²) in [5.41, 5.74) is 0.823. The number of benzene rings is 2. The molecule has 0 aliphatic rings. The molecule has 0 fully saturated rings. The van der Waals surface area contributed by atoms with Crippen molar-refractivity contribution in [3.8, 4) is 5.69 Å². The molecule has 186 valence electrons. The smallest absolute Gasteiger partial charge is 0.338 e. The number of rotatable bonds is 6. The Morgan fingerprint density at radius 3 is 2.62 bits per heavy atom. The van der Waals surface area contributed by atoms with E-state index in [1.54, 1.807) is 49.4 Å². The Balaban J connectivity index is 1.78. The van der Waals surface area contributed by atoms with Crippen LogP contribution in [0.2, 0.25) is 5.02 Å². The molecule has 9 nitrogen and oxygen atoms in total. The normalized spacial score (nSPS) is 12.0. The molecule has 3 heterocycles. The second-order valence-corrected chi connectivity index (χ2v) is 8.66. The van der Waals surface area contributed by atoms with E-state index in [9.17, 15) is 14.4 Å². The van der Waals surface area contributed by atoms with Crippen molar-refractivity contribution in [1.29, 1.82) is 0 Å². The van der Waals surface area contributed by atoms with Gasteiger partial charge in [-0.3, -0.25) is 14.2 Å². The monoisotopic (exact) mass is 515 g/mol. The summed E-state index contributed by atoms with van der Waals surface area (Å²) >= 11 is 6.98. The fourth-order valence-corrected chi connectivity index (χ4v) is 4.82. The van der Waals surface area contributed by atoms with Gasteiger partial charge in [0, 0.05) is 23.3 Å². The predicted octanol–water partition coefficient (Wildman–Crippen LogP) is 4.63. The van der Waals surface area contributed by atoms with Crippen molar-refractivity contribution < 1.29 is 9.53 Å². The Morgan fingerprint density at radius 2 is 1.86 bits per heavy atom. The summed E-state index contributed by atoms with van der Waals surface area (Å²) in [6.45, 7) is 3.68. The van der Waals surface area contributed by atoms with Crippen LogP contribution >= 0.6 is 11.6 Å². The number of fused-ring (bicyclic) bond motifs is 2. The highest BCUT2D eigenvalue weighted by Gasteiger charge is 2.25. The molecule has 2 aromatic carbocycles. The lowest BCUT2D eigenvalue weighted by Gasteiger charge is -2.23. The van der Waals surface area contributed by atoms with E-state index in [0.717, 1.165) is 0 Å². The summed E-state index contributed by atoms with van der Waals surface area (Å²) in [6.07, 6.45) is 2.85. The van der Waals surface area contributed by atoms with Gasteiger partial charge in [0.05, 0.1) is 34.3 Å². The number of nitrogens with one attached hydrogen (secondary N) is 2. The zero-order chi connectivity index (χ0) is 26.1. The minimum atomic E-state index is -0.605. The zero-order valence-corrected chi connectivity index (χ0v) is 20.7. The molecular formula is C27H22ClN5O4. The van der Waals surface area contributed by atoms with E-state index in [2.05, 4.69) is 20.3 Å². The second-order valence-electron chi connectivity index (χ2n) is 8.28. The van der Waals surface area contributed by atoms with Gasteiger partial charge in [-0.15, -0.1) is 0 Å². The Hall–Kier alpha value is -4.50. The molecule has 3 aromatic heterocycles. The van der Waals surface area contributed by atoms with Crippen LogP contribution in [0.3, 0.4) is 0 Å². The lowest BCUT2D eigenvalue weighted by molar-refractivity contribution is 0.0528. The minimum Gasteiger partial charge on any atom is -0.462 e. The molecular weight excluding hydrogens is 494 g/mol. The number of halogens is 1. The maximum Gasteiger partial charge on any atom is 0.338 e. The van der Waals surface area contributed by atoms with Crippen LogP contribution in [0.25, 0.3) is 27.5 Å². The standard InChI is InChI=1S/C27H22ClN5O4/c1-3-37-27(36)18-11-7-10-17-20(18)26(35)33(16-8-5-4-6-9-16)23(22(17)28)15(2)32-25-21-19(34)12-13-29-24(21)30-14-31-25/h4-15H,3H2,1-2H3,(H2,29,30,31,32,34)/t15-/m0/s1. The Labute approximate surface area is 215 Å². The van der Waals surface area contributed by atoms with Gasteiger partial charge < -0.3 is 15.0 Å². The lowest BCUT2D eigenvalue weighted by Crippen LogP contribution is -2.28. The largest absolute Gasteiger partial charge is 0.462 e. The third kappa shape index (κ3) is 4.23. The van der Waals surface area contributed by atoms with Crippen LogP contribution in [0.5, 0.6) is 0 Å². The number of nitrogens with zero attached hydrogens (tertiary/aromatic N) is 3. The number of pyridine rings is 2. The molecule has 5 aromatic rings.